The molecule has 2 aliphatic carbocycles. The molecule has 4 bridgehead atoms. The van der Waals surface area contributed by atoms with Gasteiger partial charge in [0.1, 0.15) is 9.66 Å². The maximum Gasteiger partial charge on any atom is 0.373 e. The first kappa shape index (κ1) is 34.8. The number of nitrogen functional groups attached to an aromatic ring is 2. The van der Waals surface area contributed by atoms with E-state index in [0.29, 0.717) is 35.4 Å². The highest BCUT2D eigenvalue weighted by Crippen LogP contribution is 2.58. The van der Waals surface area contributed by atoms with Crippen molar-refractivity contribution in [2.75, 3.05) is 37.6 Å². The number of rotatable bonds is 3. The van der Waals surface area contributed by atoms with Gasteiger partial charge in [-0.15, -0.1) is 35.1 Å². The molecule has 6 N–H and O–H groups in total. The number of fused-ring (bicyclic) bond motifs is 6. The minimum Gasteiger partial charge on any atom is -0.368 e. The van der Waals surface area contributed by atoms with Crippen molar-refractivity contribution in [2.45, 2.75) is 74.9 Å². The van der Waals surface area contributed by atoms with E-state index in [4.69, 9.17) is 26.8 Å². The van der Waals surface area contributed by atoms with Crippen molar-refractivity contribution in [2.24, 2.45) is 23.5 Å². The van der Waals surface area contributed by atoms with Crippen molar-refractivity contribution >= 4 is 79.3 Å². The Morgan fingerprint density at radius 3 is 1.96 bits per heavy atom. The zero-order valence-electron chi connectivity index (χ0n) is 26.8. The van der Waals surface area contributed by atoms with Crippen LogP contribution in [0.1, 0.15) is 67.5 Å². The van der Waals surface area contributed by atoms with Crippen molar-refractivity contribution in [1.29, 1.82) is 0 Å². The van der Waals surface area contributed by atoms with Crippen LogP contribution in [-0.2, 0) is 9.59 Å². The molecule has 15 heteroatoms. The van der Waals surface area contributed by atoms with E-state index in [1.54, 1.807) is 23.7 Å². The number of nitrogens with two attached hydrogens (primary N) is 3. The van der Waals surface area contributed by atoms with E-state index in [2.05, 4.69) is 29.7 Å². The first-order valence-corrected chi connectivity index (χ1v) is 18.2. The molecule has 6 aliphatic heterocycles. The topological polar surface area (TPSA) is 187 Å². The molecule has 10 heterocycles. The second-order valence-corrected chi connectivity index (χ2v) is 15.6. The number of carbonyl (C=O) groups excluding carboxylic acids is 3. The largest absolute Gasteiger partial charge is 0.373 e. The van der Waals surface area contributed by atoms with E-state index in [-0.39, 0.29) is 30.3 Å². The Morgan fingerprint density at radius 1 is 0.854 bits per heavy atom. The van der Waals surface area contributed by atoms with Gasteiger partial charge in [-0.25, -0.2) is 19.9 Å². The van der Waals surface area contributed by atoms with Gasteiger partial charge in [-0.1, -0.05) is 0 Å². The first-order chi connectivity index (χ1) is 22.8. The summed E-state index contributed by atoms with van der Waals surface area (Å²) in [7, 11) is 0. The van der Waals surface area contributed by atoms with Gasteiger partial charge in [-0.05, 0) is 113 Å². The van der Waals surface area contributed by atoms with Crippen molar-refractivity contribution in [1.82, 2.24) is 29.7 Å². The number of ketones is 1. The average molecular weight is 712 g/mol. The Bertz CT molecular complexity index is 1780. The van der Waals surface area contributed by atoms with Crippen LogP contribution >= 0.6 is 35.1 Å². The molecule has 48 heavy (non-hydrogen) atoms. The van der Waals surface area contributed by atoms with E-state index in [0.717, 1.165) is 37.1 Å². The Morgan fingerprint density at radius 2 is 1.40 bits per heavy atom. The Balaban J connectivity index is 0.000000134. The monoisotopic (exact) mass is 711 g/mol. The molecule has 0 aromatic carbocycles. The number of aromatic nitrogens is 4. The van der Waals surface area contributed by atoms with Crippen LogP contribution in [0, 0.1) is 17.8 Å². The summed E-state index contributed by atoms with van der Waals surface area (Å²) in [5.41, 5.74) is 18.1. The predicted octanol–water partition coefficient (Wildman–Crippen LogP) is 4.40. The van der Waals surface area contributed by atoms with E-state index >= 15 is 0 Å². The summed E-state index contributed by atoms with van der Waals surface area (Å²) in [5.74, 6) is 3.05. The van der Waals surface area contributed by atoms with Gasteiger partial charge in [0, 0.05) is 46.7 Å². The minimum absolute atomic E-state index is 0. The van der Waals surface area contributed by atoms with Gasteiger partial charge in [0.05, 0.1) is 4.88 Å². The van der Waals surface area contributed by atoms with Crippen molar-refractivity contribution in [3.63, 3.8) is 0 Å². The number of hydrogen-bond acceptors (Lipinski definition) is 14. The van der Waals surface area contributed by atoms with Crippen molar-refractivity contribution in [3.05, 3.63) is 34.8 Å². The average Bonchev–Trinajstić information content (AvgIpc) is 3.96. The highest BCUT2D eigenvalue weighted by molar-refractivity contribution is 7.20. The quantitative estimate of drug-likeness (QED) is 0.255. The normalized spacial score (nSPS) is 28.9. The lowest BCUT2D eigenvalue weighted by atomic mass is 9.70. The van der Waals surface area contributed by atoms with Gasteiger partial charge in [-0.2, -0.15) is 9.59 Å². The van der Waals surface area contributed by atoms with Gasteiger partial charge in [0.2, 0.25) is 11.9 Å². The number of nitrogens with zero attached hydrogens (tertiary/aromatic N) is 6. The van der Waals surface area contributed by atoms with E-state index < -0.39 is 0 Å². The van der Waals surface area contributed by atoms with Crippen LogP contribution < -0.4 is 17.2 Å². The molecule has 4 aromatic heterocycles. The number of hydrogen-bond donors (Lipinski definition) is 3. The molecule has 2 spiro atoms. The Labute approximate surface area is 293 Å². The number of thiophene rings is 2. The van der Waals surface area contributed by atoms with Crippen LogP contribution in [0.25, 0.3) is 20.4 Å². The molecule has 2 atom stereocenters. The van der Waals surface area contributed by atoms with Crippen molar-refractivity contribution in [3.8, 4) is 0 Å². The number of halogens is 1. The smallest absolute Gasteiger partial charge is 0.368 e. The number of piperidine rings is 6. The summed E-state index contributed by atoms with van der Waals surface area (Å²) in [4.78, 5) is 53.1. The Hall–Kier alpha value is -3.10. The molecular weight excluding hydrogens is 670 g/mol. The van der Waals surface area contributed by atoms with Crippen LogP contribution in [0.2, 0.25) is 0 Å². The first-order valence-electron chi connectivity index (χ1n) is 16.5. The fourth-order valence-corrected chi connectivity index (χ4v) is 10.5. The fourth-order valence-electron chi connectivity index (χ4n) is 8.77. The predicted molar refractivity (Wildman–Crippen MR) is 189 cm³/mol. The molecule has 0 radical (unpaired) electrons. The van der Waals surface area contributed by atoms with Gasteiger partial charge in [0.15, 0.2) is 5.78 Å². The maximum atomic E-state index is 12.9. The van der Waals surface area contributed by atoms with Gasteiger partial charge in [-0.3, -0.25) is 14.6 Å². The lowest BCUT2D eigenvalue weighted by Gasteiger charge is -2.52. The summed E-state index contributed by atoms with van der Waals surface area (Å²) < 4.78 is 0. The maximum absolute atomic E-state index is 12.9. The molecule has 8 fully saturated rings. The third-order valence-electron chi connectivity index (χ3n) is 11.4. The van der Waals surface area contributed by atoms with E-state index in [1.165, 1.54) is 88.9 Å². The summed E-state index contributed by atoms with van der Waals surface area (Å²) in [5, 5.41) is 3.94. The lowest BCUT2D eigenvalue weighted by Crippen LogP contribution is -2.63. The molecule has 0 unspecified atom stereocenters. The number of Topliss-reactive ketones (excluding diaryl/α,β-unsaturated/α-hetero) is 1. The third-order valence-corrected chi connectivity index (χ3v) is 13.4. The molecule has 256 valence electrons. The highest BCUT2D eigenvalue weighted by Gasteiger charge is 2.60. The van der Waals surface area contributed by atoms with Gasteiger partial charge in [0.25, 0.3) is 0 Å². The van der Waals surface area contributed by atoms with Crippen LogP contribution in [0.4, 0.5) is 11.9 Å². The molecular formula is C33H42ClN9O3S2. The molecule has 8 aliphatic rings. The summed E-state index contributed by atoms with van der Waals surface area (Å²) in [6.45, 7) is 5.15. The zero-order valence-corrected chi connectivity index (χ0v) is 29.2. The Kier molecular flexibility index (Phi) is 10.2. The van der Waals surface area contributed by atoms with Crippen molar-refractivity contribution < 1.29 is 14.4 Å². The molecule has 12 rings (SSSR count). The standard InChI is InChI=1S/C17H20N4OS.C9H16N2.C6H5N3S.CO2.ClH/c18-16-19-9-11-7-14(23-15(11)20-16)13(22)8-12-10-1-5-21(6-2-10)17(12)3-4-17;10-8-7-1-5-11(6-2-7)9(8)3-4-9;7-6-8-3-4-1-2-10-5(4)9-6;2-1-3;/h7,9-10,12H,1-6,8H2,(H2,18,19,20);7-8H,1-6,10H2;1-3H,(H2,7,8,9);;1H/t12-;8-;;;/m11.../s1. The lowest BCUT2D eigenvalue weighted by molar-refractivity contribution is -0.191. The second kappa shape index (κ2) is 14.0. The molecule has 6 saturated heterocycles. The molecule has 4 aromatic rings. The van der Waals surface area contributed by atoms with Crippen LogP contribution in [0.15, 0.2) is 29.9 Å². The fraction of sp³-hybridized carbons (Fsp3) is 0.576. The molecule has 2 saturated carbocycles. The second-order valence-electron chi connectivity index (χ2n) is 13.7. The van der Waals surface area contributed by atoms with E-state index in [1.807, 2.05) is 17.5 Å². The minimum atomic E-state index is 0. The summed E-state index contributed by atoms with van der Waals surface area (Å²) >= 11 is 3.02. The van der Waals surface area contributed by atoms with E-state index in [9.17, 15) is 4.79 Å². The third kappa shape index (κ3) is 6.59. The highest BCUT2D eigenvalue weighted by atomic mass is 35.5. The van der Waals surface area contributed by atoms with Crippen LogP contribution in [0.5, 0.6) is 0 Å². The molecule has 0 amide bonds. The SMILES string of the molecule is Cl.N[C@@H]1C2CCN(CC2)C12CC2.Nc1ncc2cc(C(=O)C[C@@H]3C4CCN(CC4)C34CC4)sc2n1.Nc1ncc2ccsc2n1.O=C=O. The molecule has 12 nitrogen and oxygen atoms in total. The van der Waals surface area contributed by atoms with Gasteiger partial charge < -0.3 is 17.2 Å². The summed E-state index contributed by atoms with van der Waals surface area (Å²) in [6.07, 6.45) is 15.0. The number of carbonyl (C=O) groups is 1. The zero-order chi connectivity index (χ0) is 32.8. The van der Waals surface area contributed by atoms with Crippen LogP contribution in [0.3, 0.4) is 0 Å². The van der Waals surface area contributed by atoms with Crippen LogP contribution in [-0.4, -0.2) is 85.0 Å². The summed E-state index contributed by atoms with van der Waals surface area (Å²) in [6, 6.07) is 4.42. The number of anilines is 2. The van der Waals surface area contributed by atoms with Gasteiger partial charge >= 0.3 is 6.15 Å².